The molecule has 2 aromatic heterocycles. The number of carbonyl (C=O) groups excluding carboxylic acids is 1. The first-order valence-electron chi connectivity index (χ1n) is 7.39. The van der Waals surface area contributed by atoms with Gasteiger partial charge >= 0.3 is 0 Å². The fraction of sp³-hybridized carbons (Fsp3) is 0.235. The van der Waals surface area contributed by atoms with Crippen molar-refractivity contribution in [2.45, 2.75) is 26.3 Å². The molecule has 1 amide bonds. The van der Waals surface area contributed by atoms with Crippen molar-refractivity contribution in [2.24, 2.45) is 0 Å². The standard InChI is InChI=1S/C17H18N4OS/c1-11-14(12(2)21-20-11)10-15(22)19-16(17-18-8-9-23-17)13-6-4-3-5-7-13/h3-9,16H,10H2,1-2H3,(H,19,22)(H,20,21). The van der Waals surface area contributed by atoms with Gasteiger partial charge in [0.25, 0.3) is 0 Å². The molecule has 0 spiro atoms. The number of thiazole rings is 1. The minimum atomic E-state index is -0.226. The molecule has 0 aliphatic rings. The van der Waals surface area contributed by atoms with Gasteiger partial charge in [0.1, 0.15) is 11.0 Å². The van der Waals surface area contributed by atoms with Crippen molar-refractivity contribution in [3.05, 3.63) is 69.4 Å². The van der Waals surface area contributed by atoms with E-state index in [2.05, 4.69) is 20.5 Å². The van der Waals surface area contributed by atoms with Crippen LogP contribution in [0.15, 0.2) is 41.9 Å². The normalized spacial score (nSPS) is 12.1. The first-order valence-corrected chi connectivity index (χ1v) is 8.27. The van der Waals surface area contributed by atoms with Crippen LogP contribution in [0.5, 0.6) is 0 Å². The SMILES string of the molecule is Cc1n[nH]c(C)c1CC(=O)NC(c1ccccc1)c1nccs1. The van der Waals surface area contributed by atoms with E-state index in [0.29, 0.717) is 6.42 Å². The third kappa shape index (κ3) is 3.48. The Kier molecular flexibility index (Phi) is 4.52. The molecule has 1 aromatic carbocycles. The molecule has 2 N–H and O–H groups in total. The van der Waals surface area contributed by atoms with E-state index in [4.69, 9.17) is 0 Å². The Morgan fingerprint density at radius 1 is 1.30 bits per heavy atom. The van der Waals surface area contributed by atoms with Crippen LogP contribution in [0, 0.1) is 13.8 Å². The highest BCUT2D eigenvalue weighted by molar-refractivity contribution is 7.09. The summed E-state index contributed by atoms with van der Waals surface area (Å²) in [5.41, 5.74) is 3.77. The minimum Gasteiger partial charge on any atom is -0.342 e. The summed E-state index contributed by atoms with van der Waals surface area (Å²) in [5, 5.41) is 12.9. The van der Waals surface area contributed by atoms with Gasteiger partial charge in [-0.1, -0.05) is 30.3 Å². The smallest absolute Gasteiger partial charge is 0.225 e. The largest absolute Gasteiger partial charge is 0.342 e. The highest BCUT2D eigenvalue weighted by atomic mass is 32.1. The van der Waals surface area contributed by atoms with Gasteiger partial charge in [0, 0.05) is 22.8 Å². The average molecular weight is 326 g/mol. The van der Waals surface area contributed by atoms with Gasteiger partial charge in [0.05, 0.1) is 12.1 Å². The van der Waals surface area contributed by atoms with Gasteiger partial charge in [0.2, 0.25) is 5.91 Å². The van der Waals surface area contributed by atoms with Crippen LogP contribution in [0.1, 0.15) is 33.6 Å². The van der Waals surface area contributed by atoms with E-state index in [1.165, 1.54) is 11.3 Å². The number of nitrogens with one attached hydrogen (secondary N) is 2. The Morgan fingerprint density at radius 3 is 2.70 bits per heavy atom. The van der Waals surface area contributed by atoms with Crippen molar-refractivity contribution in [1.29, 1.82) is 0 Å². The van der Waals surface area contributed by atoms with Crippen LogP contribution in [0.25, 0.3) is 0 Å². The quantitative estimate of drug-likeness (QED) is 0.757. The average Bonchev–Trinajstić information content (AvgIpc) is 3.19. The number of carbonyl (C=O) groups is 1. The summed E-state index contributed by atoms with van der Waals surface area (Å²) in [5.74, 6) is -0.0401. The predicted molar refractivity (Wildman–Crippen MR) is 90.3 cm³/mol. The fourth-order valence-electron chi connectivity index (χ4n) is 2.52. The molecule has 0 aliphatic carbocycles. The lowest BCUT2D eigenvalue weighted by molar-refractivity contribution is -0.121. The van der Waals surface area contributed by atoms with Crippen LogP contribution in [0.3, 0.4) is 0 Å². The molecule has 2 heterocycles. The van der Waals surface area contributed by atoms with Crippen LogP contribution in [0.2, 0.25) is 0 Å². The van der Waals surface area contributed by atoms with Crippen molar-refractivity contribution in [3.8, 4) is 0 Å². The molecule has 1 unspecified atom stereocenters. The lowest BCUT2D eigenvalue weighted by Gasteiger charge is -2.17. The Bertz CT molecular complexity index is 761. The van der Waals surface area contributed by atoms with Gasteiger partial charge in [-0.3, -0.25) is 9.89 Å². The molecule has 3 rings (SSSR count). The maximum Gasteiger partial charge on any atom is 0.225 e. The molecule has 0 bridgehead atoms. The zero-order valence-electron chi connectivity index (χ0n) is 13.0. The maximum absolute atomic E-state index is 12.5. The number of aromatic amines is 1. The molecule has 0 radical (unpaired) electrons. The third-order valence-electron chi connectivity index (χ3n) is 3.75. The molecule has 0 saturated carbocycles. The highest BCUT2D eigenvalue weighted by Crippen LogP contribution is 2.24. The van der Waals surface area contributed by atoms with Crippen molar-refractivity contribution in [2.75, 3.05) is 0 Å². The number of aromatic nitrogens is 3. The summed E-state index contributed by atoms with van der Waals surface area (Å²) in [7, 11) is 0. The van der Waals surface area contributed by atoms with Crippen molar-refractivity contribution >= 4 is 17.2 Å². The predicted octanol–water partition coefficient (Wildman–Crippen LogP) is 2.93. The van der Waals surface area contributed by atoms with Gasteiger partial charge in [-0.2, -0.15) is 5.10 Å². The Balaban J connectivity index is 1.80. The molecule has 0 fully saturated rings. The summed E-state index contributed by atoms with van der Waals surface area (Å²) >= 11 is 1.54. The summed E-state index contributed by atoms with van der Waals surface area (Å²) in [6.45, 7) is 3.83. The van der Waals surface area contributed by atoms with Crippen LogP contribution in [-0.2, 0) is 11.2 Å². The van der Waals surface area contributed by atoms with Crippen molar-refractivity contribution in [3.63, 3.8) is 0 Å². The van der Waals surface area contributed by atoms with E-state index >= 15 is 0 Å². The molecule has 0 saturated heterocycles. The number of benzene rings is 1. The summed E-state index contributed by atoms with van der Waals surface area (Å²) in [4.78, 5) is 16.9. The van der Waals surface area contributed by atoms with Gasteiger partial charge < -0.3 is 5.32 Å². The molecule has 0 aliphatic heterocycles. The number of nitrogens with zero attached hydrogens (tertiary/aromatic N) is 2. The molecular weight excluding hydrogens is 308 g/mol. The molecular formula is C17H18N4OS. The zero-order valence-corrected chi connectivity index (χ0v) is 13.9. The van der Waals surface area contributed by atoms with Crippen LogP contribution >= 0.6 is 11.3 Å². The van der Waals surface area contributed by atoms with Gasteiger partial charge in [0.15, 0.2) is 0 Å². The minimum absolute atomic E-state index is 0.0401. The lowest BCUT2D eigenvalue weighted by atomic mass is 10.1. The molecule has 6 heteroatoms. The maximum atomic E-state index is 12.5. The third-order valence-corrected chi connectivity index (χ3v) is 4.60. The molecule has 3 aromatic rings. The second kappa shape index (κ2) is 6.75. The first-order chi connectivity index (χ1) is 11.1. The van der Waals surface area contributed by atoms with E-state index in [0.717, 1.165) is 27.5 Å². The Morgan fingerprint density at radius 2 is 2.09 bits per heavy atom. The Hall–Kier alpha value is -2.47. The van der Waals surface area contributed by atoms with Crippen LogP contribution < -0.4 is 5.32 Å². The first kappa shape index (κ1) is 15.4. The number of hydrogen-bond acceptors (Lipinski definition) is 4. The number of hydrogen-bond donors (Lipinski definition) is 2. The van der Waals surface area contributed by atoms with Gasteiger partial charge in [-0.25, -0.2) is 4.98 Å². The summed E-state index contributed by atoms with van der Waals surface area (Å²) < 4.78 is 0. The number of aryl methyl sites for hydroxylation is 2. The van der Waals surface area contributed by atoms with Gasteiger partial charge in [-0.15, -0.1) is 11.3 Å². The van der Waals surface area contributed by atoms with E-state index in [1.54, 1.807) is 6.20 Å². The van der Waals surface area contributed by atoms with Crippen LogP contribution in [-0.4, -0.2) is 21.1 Å². The summed E-state index contributed by atoms with van der Waals surface area (Å²) in [6, 6.07) is 9.67. The van der Waals surface area contributed by atoms with Crippen molar-refractivity contribution < 1.29 is 4.79 Å². The Labute approximate surface area is 138 Å². The number of rotatable bonds is 5. The van der Waals surface area contributed by atoms with E-state index in [-0.39, 0.29) is 11.9 Å². The fourth-order valence-corrected chi connectivity index (χ4v) is 3.23. The van der Waals surface area contributed by atoms with Crippen LogP contribution in [0.4, 0.5) is 0 Å². The van der Waals surface area contributed by atoms with E-state index in [1.807, 2.05) is 49.6 Å². The number of amides is 1. The molecule has 23 heavy (non-hydrogen) atoms. The topological polar surface area (TPSA) is 70.7 Å². The summed E-state index contributed by atoms with van der Waals surface area (Å²) in [6.07, 6.45) is 2.06. The molecule has 1 atom stereocenters. The zero-order chi connectivity index (χ0) is 16.2. The monoisotopic (exact) mass is 326 g/mol. The highest BCUT2D eigenvalue weighted by Gasteiger charge is 2.20. The van der Waals surface area contributed by atoms with E-state index < -0.39 is 0 Å². The molecule has 118 valence electrons. The lowest BCUT2D eigenvalue weighted by Crippen LogP contribution is -2.30. The molecule has 5 nitrogen and oxygen atoms in total. The number of H-pyrrole nitrogens is 1. The second-order valence-electron chi connectivity index (χ2n) is 5.37. The van der Waals surface area contributed by atoms with Crippen molar-refractivity contribution in [1.82, 2.24) is 20.5 Å². The van der Waals surface area contributed by atoms with E-state index in [9.17, 15) is 4.79 Å². The van der Waals surface area contributed by atoms with Gasteiger partial charge in [-0.05, 0) is 19.4 Å². The second-order valence-corrected chi connectivity index (χ2v) is 6.30.